The molecule has 0 spiro atoms. The van der Waals surface area contributed by atoms with Crippen LogP contribution in [-0.4, -0.2) is 16.2 Å². The zero-order valence-corrected chi connectivity index (χ0v) is 8.10. The molecule has 0 saturated carbocycles. The molecule has 0 unspecified atom stereocenters. The first-order valence-electron chi connectivity index (χ1n) is 4.43. The molecule has 0 bridgehead atoms. The standard InChI is InChI=1S/C10H9N3O2/c1-7-9(13-15-12-7)11-10(14)8-5-3-2-4-6-8/h2-6H,1H3,(H,11,13,14). The topological polar surface area (TPSA) is 68.0 Å². The zero-order valence-electron chi connectivity index (χ0n) is 8.10. The minimum Gasteiger partial charge on any atom is -0.302 e. The molecule has 0 fully saturated rings. The molecule has 5 heteroatoms. The summed E-state index contributed by atoms with van der Waals surface area (Å²) >= 11 is 0. The van der Waals surface area contributed by atoms with Gasteiger partial charge in [-0.1, -0.05) is 23.4 Å². The van der Waals surface area contributed by atoms with E-state index in [4.69, 9.17) is 0 Å². The van der Waals surface area contributed by atoms with Crippen molar-refractivity contribution in [3.05, 3.63) is 41.6 Å². The summed E-state index contributed by atoms with van der Waals surface area (Å²) in [5.41, 5.74) is 1.12. The van der Waals surface area contributed by atoms with Gasteiger partial charge in [-0.3, -0.25) is 4.79 Å². The van der Waals surface area contributed by atoms with Gasteiger partial charge in [0.25, 0.3) is 5.91 Å². The van der Waals surface area contributed by atoms with Crippen molar-refractivity contribution < 1.29 is 9.42 Å². The molecule has 0 aliphatic carbocycles. The molecule has 2 rings (SSSR count). The van der Waals surface area contributed by atoms with Gasteiger partial charge in [0.15, 0.2) is 0 Å². The van der Waals surface area contributed by atoms with Crippen LogP contribution in [0.3, 0.4) is 0 Å². The second-order valence-corrected chi connectivity index (χ2v) is 3.02. The van der Waals surface area contributed by atoms with Crippen LogP contribution in [0.4, 0.5) is 5.82 Å². The number of carbonyl (C=O) groups is 1. The highest BCUT2D eigenvalue weighted by atomic mass is 16.6. The summed E-state index contributed by atoms with van der Waals surface area (Å²) in [6.45, 7) is 1.71. The van der Waals surface area contributed by atoms with E-state index >= 15 is 0 Å². The summed E-state index contributed by atoms with van der Waals surface area (Å²) in [5.74, 6) is 0.123. The molecule has 0 atom stereocenters. The van der Waals surface area contributed by atoms with Gasteiger partial charge in [-0.15, -0.1) is 0 Å². The van der Waals surface area contributed by atoms with Gasteiger partial charge in [0.2, 0.25) is 5.82 Å². The molecular weight excluding hydrogens is 194 g/mol. The molecular formula is C10H9N3O2. The number of hydrogen-bond donors (Lipinski definition) is 1. The summed E-state index contributed by atoms with van der Waals surface area (Å²) in [5, 5.41) is 9.73. The Hall–Kier alpha value is -2.17. The first kappa shape index (κ1) is 9.39. The van der Waals surface area contributed by atoms with E-state index in [0.29, 0.717) is 17.1 Å². The van der Waals surface area contributed by atoms with E-state index in [-0.39, 0.29) is 5.91 Å². The number of aromatic nitrogens is 2. The van der Waals surface area contributed by atoms with E-state index in [0.717, 1.165) is 0 Å². The van der Waals surface area contributed by atoms with Crippen molar-refractivity contribution in [2.24, 2.45) is 0 Å². The number of nitrogens with one attached hydrogen (secondary N) is 1. The fraction of sp³-hybridized carbons (Fsp3) is 0.100. The first-order valence-corrected chi connectivity index (χ1v) is 4.43. The Labute approximate surface area is 86.1 Å². The minimum atomic E-state index is -0.227. The molecule has 0 aliphatic rings. The zero-order chi connectivity index (χ0) is 10.7. The van der Waals surface area contributed by atoms with Crippen LogP contribution in [0, 0.1) is 6.92 Å². The summed E-state index contributed by atoms with van der Waals surface area (Å²) < 4.78 is 4.47. The summed E-state index contributed by atoms with van der Waals surface area (Å²) in [7, 11) is 0. The molecule has 0 radical (unpaired) electrons. The average molecular weight is 203 g/mol. The van der Waals surface area contributed by atoms with Crippen LogP contribution in [0.2, 0.25) is 0 Å². The highest BCUT2D eigenvalue weighted by Gasteiger charge is 2.10. The number of amides is 1. The van der Waals surface area contributed by atoms with E-state index in [1.807, 2.05) is 6.07 Å². The van der Waals surface area contributed by atoms with Crippen molar-refractivity contribution in [3.8, 4) is 0 Å². The van der Waals surface area contributed by atoms with E-state index in [2.05, 4.69) is 20.3 Å². The number of nitrogens with zero attached hydrogens (tertiary/aromatic N) is 2. The molecule has 1 aromatic carbocycles. The van der Waals surface area contributed by atoms with Crippen molar-refractivity contribution >= 4 is 11.7 Å². The molecule has 15 heavy (non-hydrogen) atoms. The Morgan fingerprint density at radius 3 is 2.60 bits per heavy atom. The lowest BCUT2D eigenvalue weighted by Crippen LogP contribution is -2.12. The summed E-state index contributed by atoms with van der Waals surface area (Å²) in [4.78, 5) is 11.6. The van der Waals surface area contributed by atoms with Gasteiger partial charge >= 0.3 is 0 Å². The van der Waals surface area contributed by atoms with Gasteiger partial charge in [0.1, 0.15) is 5.69 Å². The first-order chi connectivity index (χ1) is 7.27. The highest BCUT2D eigenvalue weighted by molar-refractivity contribution is 6.03. The molecule has 1 amide bonds. The molecule has 0 aliphatic heterocycles. The SMILES string of the molecule is Cc1nonc1NC(=O)c1ccccc1. The number of anilines is 1. The second kappa shape index (κ2) is 3.91. The normalized spacial score (nSPS) is 9.93. The van der Waals surface area contributed by atoms with Gasteiger partial charge < -0.3 is 5.32 Å². The maximum Gasteiger partial charge on any atom is 0.256 e. The van der Waals surface area contributed by atoms with Crippen LogP contribution in [-0.2, 0) is 0 Å². The lowest BCUT2D eigenvalue weighted by atomic mass is 10.2. The third-order valence-corrected chi connectivity index (χ3v) is 1.92. The van der Waals surface area contributed by atoms with Crippen LogP contribution >= 0.6 is 0 Å². The summed E-state index contributed by atoms with van der Waals surface area (Å²) in [6, 6.07) is 8.88. The molecule has 2 aromatic rings. The highest BCUT2D eigenvalue weighted by Crippen LogP contribution is 2.09. The van der Waals surface area contributed by atoms with E-state index < -0.39 is 0 Å². The van der Waals surface area contributed by atoms with Gasteiger partial charge in [0, 0.05) is 5.56 Å². The Balaban J connectivity index is 2.15. The maximum atomic E-state index is 11.6. The lowest BCUT2D eigenvalue weighted by molar-refractivity contribution is 0.102. The van der Waals surface area contributed by atoms with Crippen molar-refractivity contribution in [2.75, 3.05) is 5.32 Å². The Morgan fingerprint density at radius 1 is 1.27 bits per heavy atom. The largest absolute Gasteiger partial charge is 0.302 e. The number of aryl methyl sites for hydroxylation is 1. The van der Waals surface area contributed by atoms with Gasteiger partial charge in [-0.25, -0.2) is 4.63 Å². The number of benzene rings is 1. The smallest absolute Gasteiger partial charge is 0.256 e. The molecule has 1 heterocycles. The Bertz CT molecular complexity index is 465. The molecule has 76 valence electrons. The van der Waals surface area contributed by atoms with Crippen LogP contribution in [0.1, 0.15) is 16.1 Å². The third kappa shape index (κ3) is 2.01. The monoisotopic (exact) mass is 203 g/mol. The second-order valence-electron chi connectivity index (χ2n) is 3.02. The predicted octanol–water partition coefficient (Wildman–Crippen LogP) is 1.63. The fourth-order valence-corrected chi connectivity index (χ4v) is 1.11. The predicted molar refractivity (Wildman–Crippen MR) is 53.4 cm³/mol. The number of rotatable bonds is 2. The van der Waals surface area contributed by atoms with Crippen LogP contribution in [0.25, 0.3) is 0 Å². The summed E-state index contributed by atoms with van der Waals surface area (Å²) in [6.07, 6.45) is 0. The minimum absolute atomic E-state index is 0.227. The molecule has 1 N–H and O–H groups in total. The number of carbonyl (C=O) groups excluding carboxylic acids is 1. The Morgan fingerprint density at radius 2 is 2.00 bits per heavy atom. The van der Waals surface area contributed by atoms with E-state index in [1.165, 1.54) is 0 Å². The average Bonchev–Trinajstić information content (AvgIpc) is 2.66. The number of hydrogen-bond acceptors (Lipinski definition) is 4. The molecule has 0 saturated heterocycles. The molecule has 1 aromatic heterocycles. The van der Waals surface area contributed by atoms with E-state index in [1.54, 1.807) is 31.2 Å². The fourth-order valence-electron chi connectivity index (χ4n) is 1.11. The molecule has 5 nitrogen and oxygen atoms in total. The van der Waals surface area contributed by atoms with Crippen molar-refractivity contribution in [2.45, 2.75) is 6.92 Å². The maximum absolute atomic E-state index is 11.6. The van der Waals surface area contributed by atoms with Gasteiger partial charge in [-0.2, -0.15) is 0 Å². The lowest BCUT2D eigenvalue weighted by Gasteiger charge is -2.00. The Kier molecular flexibility index (Phi) is 2.45. The van der Waals surface area contributed by atoms with Gasteiger partial charge in [0.05, 0.1) is 0 Å². The van der Waals surface area contributed by atoms with E-state index in [9.17, 15) is 4.79 Å². The van der Waals surface area contributed by atoms with Crippen LogP contribution in [0.15, 0.2) is 35.0 Å². The van der Waals surface area contributed by atoms with Crippen molar-refractivity contribution in [3.63, 3.8) is 0 Å². The van der Waals surface area contributed by atoms with Crippen LogP contribution in [0.5, 0.6) is 0 Å². The van der Waals surface area contributed by atoms with Gasteiger partial charge in [-0.05, 0) is 24.2 Å². The van der Waals surface area contributed by atoms with Crippen molar-refractivity contribution in [1.82, 2.24) is 10.3 Å². The quantitative estimate of drug-likeness (QED) is 0.805. The van der Waals surface area contributed by atoms with Crippen molar-refractivity contribution in [1.29, 1.82) is 0 Å². The third-order valence-electron chi connectivity index (χ3n) is 1.92. The van der Waals surface area contributed by atoms with Crippen LogP contribution < -0.4 is 5.32 Å².